The second kappa shape index (κ2) is 43.6. The summed E-state index contributed by atoms with van der Waals surface area (Å²) in [5, 5.41) is 41.3. The standard InChI is InChI=1S/C17H28O2.C16H26O4.C16H26O3.C16H30O2.C15H19NO4.C13H18O4.C13H24O2.C10H16O4/c1-5-16(2,3)15(18)19-17(4)13-7-11-6-12(9-13)10-14(17)8-11;1-4-13(2,3)12(17)20-16-7-11-5-14(18,9-16)8-15(19,6-11)10-16;1-4-14(2,3)13(17)19-16-8-11-5-12(9-16)7-15(18,6-11)10-16;1-7-15(3,4)14(17)18-16(5,6)13-10-8-12(2)9-11-13;1-4-14(2,3)12(17)19-10-8-5-9-11(10)20-13(18)15(9,6-8)7-16;1-3-6(2)12(14)16-10-7-4-8-9(5-7)13(15)17-11(8)10;1-5-12(3,4)11(14)15-13(6-2)9-7-8-10-13;1-4-10(2,3)9(12)14-7-5-6-13-8(7)11/h11-14H,5-10H2,1-4H3;11,18-19H,4-10H2,1-3H3;11-12,18H,4-10H2,1-3H3;12-13H,7-11H2,1-6H3;8-11H,4-6H2,1-3H3;6-11H,3-5H2,1-2H3;5-10H2,1-4H3;7H,4-6H2,1-3H3. The van der Waals surface area contributed by atoms with Crippen LogP contribution in [0.3, 0.4) is 0 Å². The Labute approximate surface area is 850 Å². The van der Waals surface area contributed by atoms with Gasteiger partial charge in [-0.05, 0) is 376 Å². The molecule has 3 N–H and O–H groups in total. The van der Waals surface area contributed by atoms with Crippen LogP contribution in [0.5, 0.6) is 0 Å². The fraction of sp³-hybridized carbons (Fsp3) is 0.897. The normalized spacial score (nSPS) is 37.1. The Hall–Kier alpha value is -6.46. The summed E-state index contributed by atoms with van der Waals surface area (Å²) in [4.78, 5) is 132. The van der Waals surface area contributed by atoms with Crippen LogP contribution >= 0.6 is 0 Å². The lowest BCUT2D eigenvalue weighted by molar-refractivity contribution is -0.264. The Morgan fingerprint density at radius 3 is 1.34 bits per heavy atom. The van der Waals surface area contributed by atoms with Crippen LogP contribution in [-0.4, -0.2) is 163 Å². The molecule has 21 rings (SSSR count). The predicted molar refractivity (Wildman–Crippen MR) is 536 cm³/mol. The van der Waals surface area contributed by atoms with E-state index in [1.54, 1.807) is 13.8 Å². The quantitative estimate of drug-likeness (QED) is 0.0535. The van der Waals surface area contributed by atoms with E-state index in [0.29, 0.717) is 99.4 Å². The largest absolute Gasteiger partial charge is 0.463 e. The lowest BCUT2D eigenvalue weighted by Gasteiger charge is -2.62. The fourth-order valence-corrected chi connectivity index (χ4v) is 27.1. The highest BCUT2D eigenvalue weighted by atomic mass is 16.6. The van der Waals surface area contributed by atoms with Gasteiger partial charge in [0.25, 0.3) is 0 Å². The number of cyclic esters (lactones) is 1. The average molecular weight is 2000 g/mol. The minimum atomic E-state index is -0.974. The minimum absolute atomic E-state index is 0.0185. The van der Waals surface area contributed by atoms with Crippen molar-refractivity contribution in [1.82, 2.24) is 0 Å². The highest BCUT2D eigenvalue weighted by Gasteiger charge is 2.73. The summed E-state index contributed by atoms with van der Waals surface area (Å²) in [5.41, 5.74) is -7.84. The summed E-state index contributed by atoms with van der Waals surface area (Å²) >= 11 is 0. The maximum atomic E-state index is 12.5. The zero-order valence-electron chi connectivity index (χ0n) is 92.6. The van der Waals surface area contributed by atoms with Gasteiger partial charge in [-0.2, -0.15) is 5.26 Å². The zero-order chi connectivity index (χ0) is 106. The molecule has 0 aromatic heterocycles. The molecule has 26 nitrogen and oxygen atoms in total. The summed E-state index contributed by atoms with van der Waals surface area (Å²) in [7, 11) is 0. The summed E-state index contributed by atoms with van der Waals surface area (Å²) < 4.78 is 61.2. The Morgan fingerprint density at radius 2 is 0.880 bits per heavy atom. The number of hydrogen-bond acceptors (Lipinski definition) is 26. The number of nitrogens with zero attached hydrogens (tertiary/aromatic N) is 1. The highest BCUT2D eigenvalue weighted by Crippen LogP contribution is 2.66. The second-order valence-electron chi connectivity index (χ2n) is 53.5. The van der Waals surface area contributed by atoms with Crippen LogP contribution in [-0.2, 0) is 105 Å². The first kappa shape index (κ1) is 116. The van der Waals surface area contributed by atoms with Crippen molar-refractivity contribution in [3.63, 3.8) is 0 Å². The number of carbonyl (C=O) groups is 11. The number of carbonyl (C=O) groups excluding carboxylic acids is 11. The van der Waals surface area contributed by atoms with Crippen molar-refractivity contribution in [2.75, 3.05) is 6.61 Å². The molecule has 0 amide bonds. The van der Waals surface area contributed by atoms with E-state index < -0.39 is 73.6 Å². The van der Waals surface area contributed by atoms with Crippen LogP contribution in [0.4, 0.5) is 0 Å². The molecule has 26 heteroatoms. The van der Waals surface area contributed by atoms with Gasteiger partial charge in [0.05, 0.1) is 79.2 Å². The van der Waals surface area contributed by atoms with Gasteiger partial charge in [-0.15, -0.1) is 0 Å². The molecule has 3 aliphatic heterocycles. The fourth-order valence-electron chi connectivity index (χ4n) is 27.1. The first-order valence-corrected chi connectivity index (χ1v) is 55.8. The van der Waals surface area contributed by atoms with Gasteiger partial charge in [0, 0.05) is 55.8 Å². The molecule has 0 aromatic rings. The van der Waals surface area contributed by atoms with Crippen LogP contribution in [0.15, 0.2) is 0 Å². The zero-order valence-corrected chi connectivity index (χ0v) is 92.6. The Morgan fingerprint density at radius 1 is 0.444 bits per heavy atom. The van der Waals surface area contributed by atoms with Crippen molar-refractivity contribution in [2.45, 2.75) is 520 Å². The first-order chi connectivity index (χ1) is 65.8. The Bertz CT molecular complexity index is 4460. The molecule has 16 bridgehead atoms. The summed E-state index contributed by atoms with van der Waals surface area (Å²) in [5.74, 6) is 4.50. The van der Waals surface area contributed by atoms with Gasteiger partial charge in [-0.1, -0.05) is 89.0 Å². The third-order valence-electron chi connectivity index (χ3n) is 39.3. The van der Waals surface area contributed by atoms with Crippen molar-refractivity contribution in [2.24, 2.45) is 132 Å². The highest BCUT2D eigenvalue weighted by molar-refractivity contribution is 5.86. The van der Waals surface area contributed by atoms with Crippen molar-refractivity contribution >= 4 is 65.7 Å². The van der Waals surface area contributed by atoms with E-state index in [2.05, 4.69) is 47.6 Å². The number of rotatable bonds is 26. The minimum Gasteiger partial charge on any atom is -0.463 e. The van der Waals surface area contributed by atoms with Gasteiger partial charge < -0.3 is 67.4 Å². The number of ether oxygens (including phenoxy) is 11. The number of nitriles is 1. The lowest BCUT2D eigenvalue weighted by atomic mass is 9.50. The van der Waals surface area contributed by atoms with Gasteiger partial charge in [0.15, 0.2) is 5.41 Å². The lowest BCUT2D eigenvalue weighted by Crippen LogP contribution is -2.67. The molecule has 3 heterocycles. The molecular weight excluding hydrogens is 1810 g/mol. The summed E-state index contributed by atoms with van der Waals surface area (Å²) in [6.07, 6.45) is 34.3. The molecule has 21 aliphatic rings. The Kier molecular flexibility index (Phi) is 35.6. The summed E-state index contributed by atoms with van der Waals surface area (Å²) in [6, 6.07) is 2.15. The second-order valence-corrected chi connectivity index (χ2v) is 53.5. The van der Waals surface area contributed by atoms with E-state index in [0.717, 1.165) is 140 Å². The maximum absolute atomic E-state index is 12.5. The SMILES string of the molecule is CCC(C)(C)C(=O)OC(C)(C)C1CCC(C)CC1.CCC(C)(C)C(=O)OC1(C)C2CC3CC(C2)CC1C3.CCC(C)(C)C(=O)OC12CC3CC(CC(O)(C3)C1)C2.CCC(C)(C)C(=O)OC12CC3CC(O)(CC(O)(C3)C1)C2.CCC(C)(C)C(=O)OC1C2CC3C1OC(=O)C3(C#N)C2.CCC(C)(C)C(=O)OC1CCOC1=O.CCC(C)C(=O)OC1C2CC3C(=O)OC1C3C2.CCC1(OC(=O)C(C)(C)CC)CCCC1. The monoisotopic (exact) mass is 1990 g/mol. The van der Waals surface area contributed by atoms with E-state index in [1.807, 2.05) is 138 Å². The van der Waals surface area contributed by atoms with Crippen molar-refractivity contribution in [3.8, 4) is 6.07 Å². The molecule has 0 aromatic carbocycles. The van der Waals surface area contributed by atoms with Crippen LogP contribution in [0, 0.1) is 143 Å². The molecule has 0 spiro atoms. The van der Waals surface area contributed by atoms with E-state index in [-0.39, 0.29) is 140 Å². The topological polar surface area (TPSA) is 374 Å². The number of esters is 11. The van der Waals surface area contributed by atoms with Crippen LogP contribution < -0.4 is 0 Å². The van der Waals surface area contributed by atoms with Crippen molar-refractivity contribution in [3.05, 3.63) is 0 Å². The maximum Gasteiger partial charge on any atom is 0.347 e. The number of hydrogen-bond donors (Lipinski definition) is 3. The van der Waals surface area contributed by atoms with E-state index >= 15 is 0 Å². The molecule has 806 valence electrons. The molecule has 21 fully saturated rings. The van der Waals surface area contributed by atoms with Gasteiger partial charge in [0.2, 0.25) is 6.10 Å². The van der Waals surface area contributed by atoms with E-state index in [1.165, 1.54) is 77.0 Å². The first-order valence-electron chi connectivity index (χ1n) is 55.8. The smallest absolute Gasteiger partial charge is 0.347 e. The molecule has 18 saturated carbocycles. The van der Waals surface area contributed by atoms with Crippen molar-refractivity contribution < 1.29 is 120 Å². The van der Waals surface area contributed by atoms with Crippen molar-refractivity contribution in [1.29, 1.82) is 5.26 Å². The Balaban J connectivity index is 0.000000155. The van der Waals surface area contributed by atoms with Gasteiger partial charge in [-0.3, -0.25) is 47.9 Å². The van der Waals surface area contributed by atoms with Crippen LogP contribution in [0.1, 0.15) is 444 Å². The molecule has 3 saturated heterocycles. The summed E-state index contributed by atoms with van der Waals surface area (Å²) in [6.45, 7) is 55.9. The van der Waals surface area contributed by atoms with Gasteiger partial charge in [0.1, 0.15) is 52.4 Å². The van der Waals surface area contributed by atoms with Crippen LogP contribution in [0.25, 0.3) is 0 Å². The number of fused-ring (bicyclic) bond motifs is 2. The van der Waals surface area contributed by atoms with Gasteiger partial charge in [-0.25, -0.2) is 4.79 Å². The molecule has 142 heavy (non-hydrogen) atoms. The average Bonchev–Trinajstić information content (AvgIpc) is 1.39. The van der Waals surface area contributed by atoms with Crippen LogP contribution in [0.2, 0.25) is 0 Å². The van der Waals surface area contributed by atoms with Gasteiger partial charge >= 0.3 is 65.7 Å². The third kappa shape index (κ3) is 25.3. The molecule has 16 unspecified atom stereocenters. The third-order valence-corrected chi connectivity index (χ3v) is 39.3. The molecule has 0 radical (unpaired) electrons. The number of aliphatic hydroxyl groups is 3. The molecule has 18 aliphatic carbocycles. The van der Waals surface area contributed by atoms with E-state index in [9.17, 15) is 73.3 Å². The predicted octanol–water partition coefficient (Wildman–Crippen LogP) is 22.3. The molecule has 16 atom stereocenters. The molecular formula is C116H187NO25. The van der Waals surface area contributed by atoms with E-state index in [4.69, 9.17) is 52.1 Å².